The van der Waals surface area contributed by atoms with Gasteiger partial charge in [0, 0.05) is 19.3 Å². The summed E-state index contributed by atoms with van der Waals surface area (Å²) in [4.78, 5) is 23.1. The number of Topliss-reactive ketones (excluding diaryl/α,β-unsaturated/α-hetero) is 1. The van der Waals surface area contributed by atoms with Crippen LogP contribution in [0.15, 0.2) is 0 Å². The molecule has 0 aromatic heterocycles. The Bertz CT molecular complexity index is 645. The van der Waals surface area contributed by atoms with Crippen LogP contribution in [0.5, 0.6) is 0 Å². The van der Waals surface area contributed by atoms with Gasteiger partial charge in [0.05, 0.1) is 6.10 Å². The Kier molecular flexibility index (Phi) is 5.17. The smallest absolute Gasteiger partial charge is 0.303 e. The van der Waals surface area contributed by atoms with Crippen LogP contribution in [0.25, 0.3) is 0 Å². The van der Waals surface area contributed by atoms with Crippen molar-refractivity contribution in [2.45, 2.75) is 91.1 Å². The Hall–Kier alpha value is -0.900. The lowest BCUT2D eigenvalue weighted by Crippen LogP contribution is -2.58. The van der Waals surface area contributed by atoms with E-state index in [1.165, 1.54) is 19.3 Å². The third-order valence-electron chi connectivity index (χ3n) is 10.2. The van der Waals surface area contributed by atoms with E-state index in [1.807, 2.05) is 0 Å². The summed E-state index contributed by atoms with van der Waals surface area (Å²) in [6.45, 7) is 6.93. The Morgan fingerprint density at radius 2 is 1.93 bits per heavy atom. The summed E-state index contributed by atoms with van der Waals surface area (Å²) in [6.07, 6.45) is 8.69. The molecule has 9 atom stereocenters. The van der Waals surface area contributed by atoms with E-state index in [2.05, 4.69) is 20.8 Å². The van der Waals surface area contributed by atoms with Crippen molar-refractivity contribution in [1.29, 1.82) is 0 Å². The van der Waals surface area contributed by atoms with Crippen molar-refractivity contribution in [3.05, 3.63) is 0 Å². The average molecular weight is 391 g/mol. The molecule has 4 saturated carbocycles. The number of carbonyl (C=O) groups is 2. The number of hydrogen-bond donors (Lipinski definition) is 2. The molecule has 0 heterocycles. The highest BCUT2D eigenvalue weighted by molar-refractivity contribution is 5.79. The van der Waals surface area contributed by atoms with E-state index in [4.69, 9.17) is 5.11 Å². The van der Waals surface area contributed by atoms with Crippen molar-refractivity contribution in [3.63, 3.8) is 0 Å². The molecule has 2 N–H and O–H groups in total. The zero-order chi connectivity index (χ0) is 20.3. The fourth-order valence-corrected chi connectivity index (χ4v) is 8.52. The van der Waals surface area contributed by atoms with E-state index < -0.39 is 5.97 Å². The predicted molar refractivity (Wildman–Crippen MR) is 108 cm³/mol. The molecule has 0 aliphatic heterocycles. The molecule has 0 aromatic rings. The van der Waals surface area contributed by atoms with E-state index in [-0.39, 0.29) is 23.4 Å². The second-order valence-corrected chi connectivity index (χ2v) is 11.1. The van der Waals surface area contributed by atoms with Gasteiger partial charge in [-0.25, -0.2) is 0 Å². The summed E-state index contributed by atoms with van der Waals surface area (Å²) >= 11 is 0. The summed E-state index contributed by atoms with van der Waals surface area (Å²) in [5.41, 5.74) is 0.138. The van der Waals surface area contributed by atoms with Crippen LogP contribution in [0.4, 0.5) is 0 Å². The van der Waals surface area contributed by atoms with Gasteiger partial charge >= 0.3 is 5.97 Å². The SMILES string of the molecule is C[C@@H](CCC(=O)O)[C@H]1CC[C@@H]2[C@H]3CC[C@@H]4CC(=O)CC[C@]4(C)[C@@H]3C[C@H](O)[C@@]21C. The minimum atomic E-state index is -0.714. The number of carbonyl (C=O) groups excluding carboxylic acids is 1. The van der Waals surface area contributed by atoms with Gasteiger partial charge in [0.1, 0.15) is 5.78 Å². The summed E-state index contributed by atoms with van der Waals surface area (Å²) in [6, 6.07) is 0. The quantitative estimate of drug-likeness (QED) is 0.730. The van der Waals surface area contributed by atoms with Gasteiger partial charge in [0.2, 0.25) is 0 Å². The number of carboxylic acid groups (broad SMARTS) is 1. The van der Waals surface area contributed by atoms with Crippen molar-refractivity contribution in [2.75, 3.05) is 0 Å². The molecule has 0 saturated heterocycles. The van der Waals surface area contributed by atoms with Gasteiger partial charge in [-0.05, 0) is 91.3 Å². The Labute approximate surface area is 169 Å². The maximum absolute atomic E-state index is 12.1. The van der Waals surface area contributed by atoms with Crippen molar-refractivity contribution in [3.8, 4) is 0 Å². The van der Waals surface area contributed by atoms with Crippen LogP contribution in [0.3, 0.4) is 0 Å². The maximum Gasteiger partial charge on any atom is 0.303 e. The average Bonchev–Trinajstić information content (AvgIpc) is 3.00. The van der Waals surface area contributed by atoms with Crippen LogP contribution in [0.1, 0.15) is 85.0 Å². The zero-order valence-corrected chi connectivity index (χ0v) is 17.8. The molecule has 4 rings (SSSR count). The first-order valence-corrected chi connectivity index (χ1v) is 11.6. The minimum absolute atomic E-state index is 0.0766. The molecule has 0 radical (unpaired) electrons. The lowest BCUT2D eigenvalue weighted by molar-refractivity contribution is -0.171. The molecule has 4 fully saturated rings. The Morgan fingerprint density at radius 3 is 2.64 bits per heavy atom. The molecular weight excluding hydrogens is 352 g/mol. The summed E-state index contributed by atoms with van der Waals surface area (Å²) in [5, 5.41) is 20.5. The van der Waals surface area contributed by atoms with E-state index >= 15 is 0 Å². The lowest BCUT2D eigenvalue weighted by Gasteiger charge is -2.62. The van der Waals surface area contributed by atoms with Gasteiger partial charge < -0.3 is 10.2 Å². The van der Waals surface area contributed by atoms with Crippen LogP contribution in [-0.2, 0) is 9.59 Å². The van der Waals surface area contributed by atoms with E-state index in [9.17, 15) is 14.7 Å². The summed E-state index contributed by atoms with van der Waals surface area (Å²) in [7, 11) is 0. The fraction of sp³-hybridized carbons (Fsp3) is 0.917. The van der Waals surface area contributed by atoms with Crippen LogP contribution < -0.4 is 0 Å². The first-order chi connectivity index (χ1) is 13.2. The highest BCUT2D eigenvalue weighted by Gasteiger charge is 2.63. The Morgan fingerprint density at radius 1 is 1.18 bits per heavy atom. The monoisotopic (exact) mass is 390 g/mol. The first kappa shape index (κ1) is 20.4. The molecule has 4 nitrogen and oxygen atoms in total. The summed E-state index contributed by atoms with van der Waals surface area (Å²) in [5.74, 6) is 2.76. The molecule has 28 heavy (non-hydrogen) atoms. The number of aliphatic hydroxyl groups excluding tert-OH is 1. The first-order valence-electron chi connectivity index (χ1n) is 11.6. The second-order valence-electron chi connectivity index (χ2n) is 11.1. The molecule has 4 heteroatoms. The highest BCUT2D eigenvalue weighted by atomic mass is 16.4. The van der Waals surface area contributed by atoms with E-state index in [0.717, 1.165) is 32.1 Å². The molecule has 0 aromatic carbocycles. The van der Waals surface area contributed by atoms with Crippen molar-refractivity contribution >= 4 is 11.8 Å². The molecule has 0 amide bonds. The fourth-order valence-electron chi connectivity index (χ4n) is 8.52. The molecule has 0 unspecified atom stereocenters. The topological polar surface area (TPSA) is 74.6 Å². The Balaban J connectivity index is 1.57. The standard InChI is InChI=1S/C24H38O4/c1-14(4-9-22(27)28)18-7-8-19-17-6-5-15-12-16(25)10-11-23(15,2)20(17)13-21(26)24(18,19)3/h14-15,17-21,26H,4-13H2,1-3H3,(H,27,28)/t14-,15+,17+,18+,19+,20+,21-,23-,24+/m0/s1. The largest absolute Gasteiger partial charge is 0.481 e. The number of fused-ring (bicyclic) bond motifs is 5. The third kappa shape index (κ3) is 2.97. The number of carboxylic acids is 1. The highest BCUT2D eigenvalue weighted by Crippen LogP contribution is 2.68. The second kappa shape index (κ2) is 7.11. The van der Waals surface area contributed by atoms with Gasteiger partial charge in [0.15, 0.2) is 0 Å². The minimum Gasteiger partial charge on any atom is -0.481 e. The van der Waals surface area contributed by atoms with Crippen molar-refractivity contribution in [1.82, 2.24) is 0 Å². The van der Waals surface area contributed by atoms with E-state index in [1.54, 1.807) is 0 Å². The van der Waals surface area contributed by atoms with E-state index in [0.29, 0.717) is 47.7 Å². The van der Waals surface area contributed by atoms with Crippen LogP contribution in [0, 0.1) is 46.3 Å². The molecule has 0 spiro atoms. The number of aliphatic carboxylic acids is 1. The number of ketones is 1. The predicted octanol–water partition coefficient (Wildman–Crippen LogP) is 4.69. The number of aliphatic hydroxyl groups is 1. The molecule has 4 aliphatic carbocycles. The molecule has 0 bridgehead atoms. The van der Waals surface area contributed by atoms with Gasteiger partial charge in [-0.3, -0.25) is 9.59 Å². The normalized spacial score (nSPS) is 49.1. The van der Waals surface area contributed by atoms with Crippen LogP contribution >= 0.6 is 0 Å². The van der Waals surface area contributed by atoms with Crippen LogP contribution in [-0.4, -0.2) is 28.1 Å². The van der Waals surface area contributed by atoms with Gasteiger partial charge in [-0.1, -0.05) is 20.8 Å². The summed E-state index contributed by atoms with van der Waals surface area (Å²) < 4.78 is 0. The number of rotatable bonds is 4. The van der Waals surface area contributed by atoms with Gasteiger partial charge in [-0.2, -0.15) is 0 Å². The van der Waals surface area contributed by atoms with Gasteiger partial charge in [0.25, 0.3) is 0 Å². The number of hydrogen-bond acceptors (Lipinski definition) is 3. The van der Waals surface area contributed by atoms with Crippen LogP contribution in [0.2, 0.25) is 0 Å². The maximum atomic E-state index is 12.1. The zero-order valence-electron chi connectivity index (χ0n) is 17.8. The van der Waals surface area contributed by atoms with Gasteiger partial charge in [-0.15, -0.1) is 0 Å². The lowest BCUT2D eigenvalue weighted by atomic mass is 9.44. The third-order valence-corrected chi connectivity index (χ3v) is 10.2. The molecular formula is C24H38O4. The molecule has 158 valence electrons. The molecule has 4 aliphatic rings. The van der Waals surface area contributed by atoms with Crippen molar-refractivity contribution in [2.24, 2.45) is 46.3 Å². The van der Waals surface area contributed by atoms with Crippen molar-refractivity contribution < 1.29 is 19.8 Å².